The van der Waals surface area contributed by atoms with Gasteiger partial charge < -0.3 is 9.57 Å². The van der Waals surface area contributed by atoms with Gasteiger partial charge in [-0.15, -0.1) is 0 Å². The van der Waals surface area contributed by atoms with Crippen molar-refractivity contribution >= 4 is 41.0 Å². The molecular weight excluding hydrogens is 421 g/mol. The molecule has 0 radical (unpaired) electrons. The molecule has 0 amide bonds. The normalized spacial score (nSPS) is 14.6. The van der Waals surface area contributed by atoms with Gasteiger partial charge in [0.05, 0.1) is 5.57 Å². The molecule has 0 saturated heterocycles. The molecule has 3 aromatic rings. The van der Waals surface area contributed by atoms with Crippen LogP contribution in [0.4, 0.5) is 0 Å². The van der Waals surface area contributed by atoms with Crippen molar-refractivity contribution in [3.8, 4) is 5.75 Å². The quantitative estimate of drug-likeness (QED) is 0.351. The van der Waals surface area contributed by atoms with Crippen LogP contribution in [0.1, 0.15) is 22.3 Å². The zero-order chi connectivity index (χ0) is 21.1. The molecule has 4 nitrogen and oxygen atoms in total. The van der Waals surface area contributed by atoms with Crippen LogP contribution in [0.3, 0.4) is 0 Å². The summed E-state index contributed by atoms with van der Waals surface area (Å²) in [5.74, 6) is 0.189. The molecule has 0 fully saturated rings. The Bertz CT molecular complexity index is 1130. The van der Waals surface area contributed by atoms with Gasteiger partial charge in [-0.2, -0.15) is 0 Å². The summed E-state index contributed by atoms with van der Waals surface area (Å²) in [5.41, 5.74) is 4.45. The number of hydrogen-bond acceptors (Lipinski definition) is 4. The van der Waals surface area contributed by atoms with E-state index in [0.29, 0.717) is 27.1 Å². The summed E-state index contributed by atoms with van der Waals surface area (Å²) < 4.78 is 5.80. The number of halogens is 2. The van der Waals surface area contributed by atoms with Crippen molar-refractivity contribution in [2.24, 2.45) is 5.16 Å². The highest BCUT2D eigenvalue weighted by molar-refractivity contribution is 6.36. The number of rotatable bonds is 5. The lowest BCUT2D eigenvalue weighted by molar-refractivity contribution is -0.136. The van der Waals surface area contributed by atoms with Crippen molar-refractivity contribution in [3.05, 3.63) is 105 Å². The fourth-order valence-electron chi connectivity index (χ4n) is 2.98. The fourth-order valence-corrected chi connectivity index (χ4v) is 3.49. The number of carbonyl (C=O) groups excluding carboxylic acids is 1. The zero-order valence-electron chi connectivity index (χ0n) is 16.1. The summed E-state index contributed by atoms with van der Waals surface area (Å²) in [6, 6.07) is 20.5. The maximum Gasteiger partial charge on any atom is 0.368 e. The third-order valence-electron chi connectivity index (χ3n) is 4.66. The highest BCUT2D eigenvalue weighted by atomic mass is 35.5. The minimum absolute atomic E-state index is 0.259. The Kier molecular flexibility index (Phi) is 5.88. The zero-order valence-corrected chi connectivity index (χ0v) is 17.6. The number of nitrogens with zero attached hydrogens (tertiary/aromatic N) is 1. The van der Waals surface area contributed by atoms with Crippen LogP contribution in [-0.2, 0) is 16.2 Å². The molecular formula is C24H17Cl2NO3. The van der Waals surface area contributed by atoms with Crippen molar-refractivity contribution in [2.45, 2.75) is 13.5 Å². The smallest absolute Gasteiger partial charge is 0.368 e. The maximum atomic E-state index is 12.2. The van der Waals surface area contributed by atoms with E-state index in [1.807, 2.05) is 55.5 Å². The van der Waals surface area contributed by atoms with Crippen LogP contribution in [0, 0.1) is 6.92 Å². The Morgan fingerprint density at radius 1 is 0.967 bits per heavy atom. The Morgan fingerprint density at radius 3 is 2.30 bits per heavy atom. The molecule has 6 heteroatoms. The molecule has 0 aliphatic carbocycles. The van der Waals surface area contributed by atoms with E-state index < -0.39 is 5.97 Å². The summed E-state index contributed by atoms with van der Waals surface area (Å²) in [5, 5.41) is 5.06. The van der Waals surface area contributed by atoms with Gasteiger partial charge in [0.25, 0.3) is 0 Å². The van der Waals surface area contributed by atoms with E-state index in [2.05, 4.69) is 5.16 Å². The molecule has 1 aliphatic rings. The largest absolute Gasteiger partial charge is 0.489 e. The average Bonchev–Trinajstić information content (AvgIpc) is 3.10. The van der Waals surface area contributed by atoms with Gasteiger partial charge in [0.15, 0.2) is 0 Å². The number of benzene rings is 3. The van der Waals surface area contributed by atoms with E-state index in [-0.39, 0.29) is 6.61 Å². The van der Waals surface area contributed by atoms with Gasteiger partial charge in [0, 0.05) is 21.2 Å². The monoisotopic (exact) mass is 437 g/mol. The third-order valence-corrected chi connectivity index (χ3v) is 5.36. The standard InChI is InChI=1S/C24H17Cl2NO3/c1-15-5-9-17(10-6-15)23-19(24(28)30-27-23)13-16-7-11-18(12-8-16)29-14-20-21(25)3-2-4-22(20)26/h2-13H,14H2,1H3/b19-13-. The molecule has 1 heterocycles. The van der Waals surface area contributed by atoms with E-state index in [0.717, 1.165) is 22.3 Å². The summed E-state index contributed by atoms with van der Waals surface area (Å²) in [7, 11) is 0. The number of aryl methyl sites for hydroxylation is 1. The molecule has 0 bridgehead atoms. The highest BCUT2D eigenvalue weighted by Gasteiger charge is 2.26. The van der Waals surface area contributed by atoms with Crippen molar-refractivity contribution < 1.29 is 14.4 Å². The number of carbonyl (C=O) groups is 1. The van der Waals surface area contributed by atoms with Crippen LogP contribution in [0.15, 0.2) is 77.5 Å². The SMILES string of the molecule is Cc1ccc(C2=NOC(=O)/C2=C\c2ccc(OCc3c(Cl)cccc3Cl)cc2)cc1. The predicted molar refractivity (Wildman–Crippen MR) is 119 cm³/mol. The van der Waals surface area contributed by atoms with Gasteiger partial charge in [-0.3, -0.25) is 0 Å². The van der Waals surface area contributed by atoms with Crippen LogP contribution >= 0.6 is 23.2 Å². The number of hydrogen-bond donors (Lipinski definition) is 0. The Hall–Kier alpha value is -3.08. The lowest BCUT2D eigenvalue weighted by atomic mass is 10.00. The van der Waals surface area contributed by atoms with E-state index >= 15 is 0 Å². The summed E-state index contributed by atoms with van der Waals surface area (Å²) in [6.07, 6.45) is 1.75. The minimum atomic E-state index is -0.473. The summed E-state index contributed by atoms with van der Waals surface area (Å²) in [6.45, 7) is 2.26. The Labute approximate surface area is 184 Å². The highest BCUT2D eigenvalue weighted by Crippen LogP contribution is 2.26. The number of ether oxygens (including phenoxy) is 1. The molecule has 0 unspecified atom stereocenters. The van der Waals surface area contributed by atoms with Crippen molar-refractivity contribution in [3.63, 3.8) is 0 Å². The predicted octanol–water partition coefficient (Wildman–Crippen LogP) is 6.23. The van der Waals surface area contributed by atoms with Gasteiger partial charge in [-0.25, -0.2) is 4.79 Å². The molecule has 0 aromatic heterocycles. The first-order chi connectivity index (χ1) is 14.5. The van der Waals surface area contributed by atoms with Crippen LogP contribution in [0.5, 0.6) is 5.75 Å². The van der Waals surface area contributed by atoms with E-state index in [1.54, 1.807) is 24.3 Å². The van der Waals surface area contributed by atoms with Crippen LogP contribution < -0.4 is 4.74 Å². The van der Waals surface area contributed by atoms with Crippen molar-refractivity contribution in [2.75, 3.05) is 0 Å². The summed E-state index contributed by atoms with van der Waals surface area (Å²) >= 11 is 12.4. The first kappa shape index (κ1) is 20.2. The van der Waals surface area contributed by atoms with E-state index in [1.165, 1.54) is 0 Å². The van der Waals surface area contributed by atoms with Crippen LogP contribution in [-0.4, -0.2) is 11.7 Å². The molecule has 3 aromatic carbocycles. The second kappa shape index (κ2) is 8.74. The maximum absolute atomic E-state index is 12.2. The number of oxime groups is 1. The molecule has 30 heavy (non-hydrogen) atoms. The molecule has 0 saturated carbocycles. The second-order valence-electron chi connectivity index (χ2n) is 6.80. The first-order valence-electron chi connectivity index (χ1n) is 9.25. The first-order valence-corrected chi connectivity index (χ1v) is 10.0. The molecule has 150 valence electrons. The fraction of sp³-hybridized carbons (Fsp3) is 0.0833. The minimum Gasteiger partial charge on any atom is -0.489 e. The Morgan fingerprint density at radius 2 is 1.63 bits per heavy atom. The van der Waals surface area contributed by atoms with Crippen molar-refractivity contribution in [1.82, 2.24) is 0 Å². The van der Waals surface area contributed by atoms with Gasteiger partial charge in [-0.05, 0) is 42.8 Å². The lowest BCUT2D eigenvalue weighted by Crippen LogP contribution is -2.06. The second-order valence-corrected chi connectivity index (χ2v) is 7.61. The van der Waals surface area contributed by atoms with Crippen molar-refractivity contribution in [1.29, 1.82) is 0 Å². The molecule has 0 atom stereocenters. The van der Waals surface area contributed by atoms with Crippen LogP contribution in [0.25, 0.3) is 6.08 Å². The van der Waals surface area contributed by atoms with Gasteiger partial charge >= 0.3 is 5.97 Å². The molecule has 0 spiro atoms. The van der Waals surface area contributed by atoms with Crippen LogP contribution in [0.2, 0.25) is 10.0 Å². The Balaban J connectivity index is 1.50. The van der Waals surface area contributed by atoms with E-state index in [9.17, 15) is 4.79 Å². The summed E-state index contributed by atoms with van der Waals surface area (Å²) in [4.78, 5) is 17.1. The van der Waals surface area contributed by atoms with Gasteiger partial charge in [-0.1, -0.05) is 76.4 Å². The van der Waals surface area contributed by atoms with Gasteiger partial charge in [0.2, 0.25) is 0 Å². The molecule has 1 aliphatic heterocycles. The topological polar surface area (TPSA) is 47.9 Å². The lowest BCUT2D eigenvalue weighted by Gasteiger charge is -2.09. The third kappa shape index (κ3) is 4.40. The molecule has 0 N–H and O–H groups in total. The van der Waals surface area contributed by atoms with Gasteiger partial charge in [0.1, 0.15) is 18.1 Å². The average molecular weight is 438 g/mol. The molecule has 4 rings (SSSR count). The van der Waals surface area contributed by atoms with E-state index in [4.69, 9.17) is 32.8 Å².